The summed E-state index contributed by atoms with van der Waals surface area (Å²) >= 11 is 12.0. The lowest BCUT2D eigenvalue weighted by atomic mass is 10.1. The molecule has 0 aliphatic heterocycles. The largest absolute Gasteiger partial charge is 0.325 e. The van der Waals surface area contributed by atoms with Crippen LogP contribution in [0.1, 0.15) is 5.56 Å². The van der Waals surface area contributed by atoms with Gasteiger partial charge in [-0.3, -0.25) is 10.4 Å². The Morgan fingerprint density at radius 3 is 2.52 bits per heavy atom. The third-order valence-corrected chi connectivity index (χ3v) is 3.43. The molecule has 4 nitrogen and oxygen atoms in total. The van der Waals surface area contributed by atoms with Gasteiger partial charge in [0.1, 0.15) is 0 Å². The average molecular weight is 323 g/mol. The molecule has 0 saturated carbocycles. The number of rotatable bonds is 4. The smallest absolute Gasteiger partial charge is 0.210 e. The van der Waals surface area contributed by atoms with Gasteiger partial charge < -0.3 is 5.32 Å². The van der Waals surface area contributed by atoms with Gasteiger partial charge in [0.2, 0.25) is 5.96 Å². The van der Waals surface area contributed by atoms with Gasteiger partial charge >= 0.3 is 0 Å². The minimum Gasteiger partial charge on any atom is -0.325 e. The van der Waals surface area contributed by atoms with Gasteiger partial charge in [-0.1, -0.05) is 47.5 Å². The van der Waals surface area contributed by atoms with E-state index in [2.05, 4.69) is 15.7 Å². The fraction of sp³-hybridized carbons (Fsp3) is 0.133. The molecule has 0 saturated heterocycles. The second-order valence-corrected chi connectivity index (χ2v) is 5.20. The van der Waals surface area contributed by atoms with Crippen molar-refractivity contribution in [3.05, 3.63) is 64.1 Å². The molecular formula is C15H16Cl2N4. The van der Waals surface area contributed by atoms with Crippen molar-refractivity contribution in [3.63, 3.8) is 0 Å². The fourth-order valence-electron chi connectivity index (χ4n) is 1.79. The van der Waals surface area contributed by atoms with Crippen molar-refractivity contribution in [1.29, 1.82) is 0 Å². The highest BCUT2D eigenvalue weighted by Crippen LogP contribution is 2.21. The summed E-state index contributed by atoms with van der Waals surface area (Å²) < 4.78 is 0. The predicted octanol–water partition coefficient (Wildman–Crippen LogP) is 3.47. The Morgan fingerprint density at radius 2 is 1.86 bits per heavy atom. The monoisotopic (exact) mass is 322 g/mol. The van der Waals surface area contributed by atoms with Gasteiger partial charge in [-0.25, -0.2) is 5.84 Å². The zero-order chi connectivity index (χ0) is 15.1. The van der Waals surface area contributed by atoms with Crippen LogP contribution in [-0.4, -0.2) is 12.5 Å². The summed E-state index contributed by atoms with van der Waals surface area (Å²) in [5.41, 5.74) is 4.46. The van der Waals surface area contributed by atoms with Gasteiger partial charge in [-0.15, -0.1) is 0 Å². The lowest BCUT2D eigenvalue weighted by molar-refractivity contribution is 0.930. The van der Waals surface area contributed by atoms with Crippen molar-refractivity contribution in [3.8, 4) is 0 Å². The molecule has 0 amide bonds. The molecule has 0 radical (unpaired) electrons. The zero-order valence-corrected chi connectivity index (χ0v) is 12.8. The average Bonchev–Trinajstić information content (AvgIpc) is 2.49. The number of guanidine groups is 1. The van der Waals surface area contributed by atoms with Crippen LogP contribution in [0.5, 0.6) is 0 Å². The highest BCUT2D eigenvalue weighted by Gasteiger charge is 2.02. The Labute approximate surface area is 133 Å². The fourth-order valence-corrected chi connectivity index (χ4v) is 2.30. The maximum Gasteiger partial charge on any atom is 0.210 e. The van der Waals surface area contributed by atoms with Crippen LogP contribution >= 0.6 is 23.2 Å². The van der Waals surface area contributed by atoms with Crippen molar-refractivity contribution in [2.45, 2.75) is 6.42 Å². The minimum atomic E-state index is 0.506. The first-order valence-corrected chi connectivity index (χ1v) is 7.21. The number of aliphatic imine (C=N–C) groups is 1. The summed E-state index contributed by atoms with van der Waals surface area (Å²) in [5.74, 6) is 5.97. The van der Waals surface area contributed by atoms with E-state index in [1.807, 2.05) is 42.5 Å². The van der Waals surface area contributed by atoms with Crippen LogP contribution in [0.2, 0.25) is 10.0 Å². The van der Waals surface area contributed by atoms with E-state index >= 15 is 0 Å². The van der Waals surface area contributed by atoms with Crippen LogP contribution in [0.3, 0.4) is 0 Å². The lowest BCUT2D eigenvalue weighted by Gasteiger charge is -2.09. The standard InChI is InChI=1S/C15H16Cl2N4/c16-12-7-6-11(14(17)10-12)8-9-19-15(21-18)20-13-4-2-1-3-5-13/h1-7,10H,8-9,18H2,(H2,19,20,21). The van der Waals surface area contributed by atoms with Crippen molar-refractivity contribution in [2.75, 3.05) is 11.9 Å². The van der Waals surface area contributed by atoms with Gasteiger partial charge in [0, 0.05) is 22.3 Å². The maximum absolute atomic E-state index is 6.12. The highest BCUT2D eigenvalue weighted by molar-refractivity contribution is 6.35. The number of hydrogen-bond acceptors (Lipinski definition) is 2. The van der Waals surface area contributed by atoms with Crippen LogP contribution in [0.25, 0.3) is 0 Å². The molecule has 4 N–H and O–H groups in total. The van der Waals surface area contributed by atoms with Crippen LogP contribution in [0, 0.1) is 0 Å². The highest BCUT2D eigenvalue weighted by atomic mass is 35.5. The molecule has 0 atom stereocenters. The summed E-state index contributed by atoms with van der Waals surface area (Å²) in [7, 11) is 0. The van der Waals surface area contributed by atoms with E-state index in [1.54, 1.807) is 6.07 Å². The van der Waals surface area contributed by atoms with Crippen LogP contribution < -0.4 is 16.6 Å². The lowest BCUT2D eigenvalue weighted by Crippen LogP contribution is -2.36. The Bertz CT molecular complexity index is 614. The SMILES string of the molecule is NNC(=NCCc1ccc(Cl)cc1Cl)Nc1ccccc1. The van der Waals surface area contributed by atoms with E-state index < -0.39 is 0 Å². The number of para-hydroxylation sites is 1. The number of nitrogens with zero attached hydrogens (tertiary/aromatic N) is 1. The second kappa shape index (κ2) is 7.88. The van der Waals surface area contributed by atoms with Crippen molar-refractivity contribution < 1.29 is 0 Å². The van der Waals surface area contributed by atoms with E-state index in [1.165, 1.54) is 0 Å². The molecule has 0 heterocycles. The molecule has 0 bridgehead atoms. The number of anilines is 1. The van der Waals surface area contributed by atoms with E-state index in [4.69, 9.17) is 29.0 Å². The first-order chi connectivity index (χ1) is 10.2. The molecule has 2 aromatic rings. The zero-order valence-electron chi connectivity index (χ0n) is 11.3. The molecule has 0 spiro atoms. The van der Waals surface area contributed by atoms with Crippen LogP contribution in [-0.2, 0) is 6.42 Å². The number of hydrazine groups is 1. The van der Waals surface area contributed by atoms with Gasteiger partial charge in [-0.2, -0.15) is 0 Å². The first-order valence-electron chi connectivity index (χ1n) is 6.46. The minimum absolute atomic E-state index is 0.506. The third-order valence-electron chi connectivity index (χ3n) is 2.84. The second-order valence-electron chi connectivity index (χ2n) is 4.35. The molecule has 0 fully saturated rings. The van der Waals surface area contributed by atoms with E-state index in [9.17, 15) is 0 Å². The third kappa shape index (κ3) is 4.93. The van der Waals surface area contributed by atoms with Crippen LogP contribution in [0.15, 0.2) is 53.5 Å². The molecule has 110 valence electrons. The van der Waals surface area contributed by atoms with Gasteiger partial charge in [-0.05, 0) is 36.2 Å². The molecule has 21 heavy (non-hydrogen) atoms. The molecule has 0 unspecified atom stereocenters. The molecule has 2 aromatic carbocycles. The van der Waals surface area contributed by atoms with Gasteiger partial charge in [0.25, 0.3) is 0 Å². The molecule has 2 rings (SSSR count). The van der Waals surface area contributed by atoms with Crippen molar-refractivity contribution >= 4 is 34.8 Å². The van der Waals surface area contributed by atoms with E-state index in [0.29, 0.717) is 29.0 Å². The van der Waals surface area contributed by atoms with E-state index in [0.717, 1.165) is 11.3 Å². The summed E-state index contributed by atoms with van der Waals surface area (Å²) in [5, 5.41) is 4.37. The van der Waals surface area contributed by atoms with E-state index in [-0.39, 0.29) is 0 Å². The normalized spacial score (nSPS) is 11.3. The Hall–Kier alpha value is -1.75. The summed E-state index contributed by atoms with van der Waals surface area (Å²) in [6, 6.07) is 15.1. The number of nitrogens with one attached hydrogen (secondary N) is 2. The Kier molecular flexibility index (Phi) is 5.87. The Morgan fingerprint density at radius 1 is 1.10 bits per heavy atom. The molecule has 0 aliphatic rings. The molecule has 0 aromatic heterocycles. The summed E-state index contributed by atoms with van der Waals surface area (Å²) in [4.78, 5) is 4.37. The van der Waals surface area contributed by atoms with Crippen molar-refractivity contribution in [2.24, 2.45) is 10.8 Å². The summed E-state index contributed by atoms with van der Waals surface area (Å²) in [6.07, 6.45) is 0.706. The molecule has 0 aliphatic carbocycles. The Balaban J connectivity index is 1.95. The number of hydrogen-bond donors (Lipinski definition) is 3. The maximum atomic E-state index is 6.12. The molecule has 6 heteroatoms. The topological polar surface area (TPSA) is 62.4 Å². The van der Waals surface area contributed by atoms with Crippen LogP contribution in [0.4, 0.5) is 5.69 Å². The number of nitrogens with two attached hydrogens (primary N) is 1. The first kappa shape index (κ1) is 15.6. The van der Waals surface area contributed by atoms with Gasteiger partial charge in [0.15, 0.2) is 0 Å². The summed E-state index contributed by atoms with van der Waals surface area (Å²) in [6.45, 7) is 0.556. The quantitative estimate of drug-likeness (QED) is 0.349. The number of halogens is 2. The predicted molar refractivity (Wildman–Crippen MR) is 89.9 cm³/mol. The van der Waals surface area contributed by atoms with Crippen molar-refractivity contribution in [1.82, 2.24) is 5.43 Å². The molecular weight excluding hydrogens is 307 g/mol. The van der Waals surface area contributed by atoms with Gasteiger partial charge in [0.05, 0.1) is 0 Å². The number of benzene rings is 2.